The average molecular weight is 517 g/mol. The van der Waals surface area contributed by atoms with Crippen LogP contribution in [0.4, 0.5) is 17.6 Å². The Morgan fingerprint density at radius 1 is 1.05 bits per heavy atom. The summed E-state index contributed by atoms with van der Waals surface area (Å²) in [6.45, 7) is 0.493. The number of hydrogen-bond acceptors (Lipinski definition) is 4. The van der Waals surface area contributed by atoms with E-state index in [0.29, 0.717) is 36.4 Å². The molecule has 0 spiro atoms. The molecule has 0 radical (unpaired) electrons. The zero-order valence-electron chi connectivity index (χ0n) is 20.5. The summed E-state index contributed by atoms with van der Waals surface area (Å²) in [6, 6.07) is 14.8. The van der Waals surface area contributed by atoms with Gasteiger partial charge in [0, 0.05) is 12.6 Å². The van der Waals surface area contributed by atoms with Gasteiger partial charge in [0.1, 0.15) is 11.9 Å². The highest BCUT2D eigenvalue weighted by Crippen LogP contribution is 2.43. The van der Waals surface area contributed by atoms with Gasteiger partial charge in [0.2, 0.25) is 5.91 Å². The van der Waals surface area contributed by atoms with Crippen molar-refractivity contribution in [1.82, 2.24) is 4.90 Å². The number of hydrogen-bond donors (Lipinski definition) is 1. The van der Waals surface area contributed by atoms with Crippen LogP contribution in [0.15, 0.2) is 60.7 Å². The number of rotatable bonds is 8. The van der Waals surface area contributed by atoms with E-state index in [1.54, 1.807) is 7.11 Å². The molecule has 0 bridgehead atoms. The van der Waals surface area contributed by atoms with E-state index in [1.807, 2.05) is 47.4 Å². The van der Waals surface area contributed by atoms with Gasteiger partial charge in [-0.1, -0.05) is 36.4 Å². The Morgan fingerprint density at radius 2 is 1.73 bits per heavy atom. The van der Waals surface area contributed by atoms with Crippen molar-refractivity contribution in [3.63, 3.8) is 0 Å². The van der Waals surface area contributed by atoms with Crippen LogP contribution in [0.5, 0.6) is 11.5 Å². The molecule has 2 N–H and O–H groups in total. The monoisotopic (exact) mass is 516 g/mol. The summed E-state index contributed by atoms with van der Waals surface area (Å²) in [4.78, 5) is 14.7. The topological polar surface area (TPSA) is 64.8 Å². The van der Waals surface area contributed by atoms with E-state index in [-0.39, 0.29) is 12.5 Å². The summed E-state index contributed by atoms with van der Waals surface area (Å²) in [7, 11) is 3.06. The lowest BCUT2D eigenvalue weighted by atomic mass is 9.86. The van der Waals surface area contributed by atoms with Crippen molar-refractivity contribution in [2.24, 2.45) is 5.73 Å². The minimum absolute atomic E-state index is 0.221. The van der Waals surface area contributed by atoms with Crippen LogP contribution in [0, 0.1) is 5.82 Å². The summed E-state index contributed by atoms with van der Waals surface area (Å²) >= 11 is 0. The van der Waals surface area contributed by atoms with E-state index in [4.69, 9.17) is 15.2 Å². The van der Waals surface area contributed by atoms with Crippen molar-refractivity contribution in [2.45, 2.75) is 37.5 Å². The number of carbonyl (C=O) groups is 1. The number of nitrogens with zero attached hydrogens (tertiary/aromatic N) is 1. The van der Waals surface area contributed by atoms with Gasteiger partial charge in [-0.15, -0.1) is 0 Å². The van der Waals surface area contributed by atoms with Crippen LogP contribution in [-0.4, -0.2) is 31.6 Å². The van der Waals surface area contributed by atoms with Gasteiger partial charge >= 0.3 is 6.18 Å². The molecule has 1 aliphatic heterocycles. The minimum Gasteiger partial charge on any atom is -0.493 e. The molecule has 0 unspecified atom stereocenters. The first-order valence-electron chi connectivity index (χ1n) is 11.8. The Morgan fingerprint density at radius 3 is 2.35 bits per heavy atom. The molecular weight excluding hydrogens is 488 g/mol. The predicted molar refractivity (Wildman–Crippen MR) is 131 cm³/mol. The Labute approximate surface area is 212 Å². The van der Waals surface area contributed by atoms with Gasteiger partial charge in [-0.2, -0.15) is 13.2 Å². The number of primary amides is 1. The third-order valence-electron chi connectivity index (χ3n) is 6.80. The molecule has 1 heterocycles. The number of aryl methyl sites for hydroxylation is 1. The molecule has 0 aromatic heterocycles. The highest BCUT2D eigenvalue weighted by atomic mass is 19.4. The summed E-state index contributed by atoms with van der Waals surface area (Å²) in [5.41, 5.74) is 7.53. The summed E-state index contributed by atoms with van der Waals surface area (Å²) in [6.07, 6.45) is -3.60. The molecule has 3 aromatic rings. The van der Waals surface area contributed by atoms with Gasteiger partial charge in [-0.05, 0) is 65.8 Å². The maximum Gasteiger partial charge on any atom is 0.419 e. The number of halogens is 4. The second kappa shape index (κ2) is 10.8. The lowest BCUT2D eigenvalue weighted by Crippen LogP contribution is -2.44. The van der Waals surface area contributed by atoms with Crippen LogP contribution in [-0.2, 0) is 23.8 Å². The Balaban J connectivity index is 1.76. The first-order chi connectivity index (χ1) is 17.6. The number of nitrogens with two attached hydrogens (primary N) is 1. The quantitative estimate of drug-likeness (QED) is 0.395. The molecule has 0 aliphatic carbocycles. The molecule has 0 fully saturated rings. The maximum atomic E-state index is 13.9. The van der Waals surface area contributed by atoms with Crippen LogP contribution in [0.3, 0.4) is 0 Å². The van der Waals surface area contributed by atoms with Crippen molar-refractivity contribution in [3.8, 4) is 11.5 Å². The van der Waals surface area contributed by atoms with Gasteiger partial charge in [-0.25, -0.2) is 4.39 Å². The number of methoxy groups -OCH3 is 2. The van der Waals surface area contributed by atoms with Crippen molar-refractivity contribution >= 4 is 5.91 Å². The van der Waals surface area contributed by atoms with E-state index in [9.17, 15) is 22.4 Å². The van der Waals surface area contributed by atoms with E-state index in [1.165, 1.54) is 13.2 Å². The lowest BCUT2D eigenvalue weighted by molar-refractivity contribution is -0.140. The molecule has 196 valence electrons. The van der Waals surface area contributed by atoms with Crippen LogP contribution in [0.25, 0.3) is 0 Å². The maximum absolute atomic E-state index is 13.9. The number of ether oxygens (including phenoxy) is 2. The normalized spacial score (nSPS) is 16.6. The van der Waals surface area contributed by atoms with Crippen LogP contribution >= 0.6 is 0 Å². The molecule has 3 aromatic carbocycles. The SMILES string of the molecule is COc1cc2c(cc1OC)[C@H](CCc1ccc(F)c(C(F)(F)F)c1)N([C@@H](C(N)=O)c1ccccc1)CC2. The molecule has 1 amide bonds. The third-order valence-corrected chi connectivity index (χ3v) is 6.80. The fourth-order valence-electron chi connectivity index (χ4n) is 5.08. The van der Waals surface area contributed by atoms with Gasteiger partial charge in [0.15, 0.2) is 11.5 Å². The first kappa shape index (κ1) is 26.5. The fourth-order valence-corrected chi connectivity index (χ4v) is 5.08. The second-order valence-corrected chi connectivity index (χ2v) is 8.98. The third kappa shape index (κ3) is 5.56. The average Bonchev–Trinajstić information content (AvgIpc) is 2.87. The van der Waals surface area contributed by atoms with Crippen molar-refractivity contribution in [1.29, 1.82) is 0 Å². The highest BCUT2D eigenvalue weighted by Gasteiger charge is 2.37. The number of carbonyl (C=O) groups excluding carboxylic acids is 1. The molecule has 0 saturated heterocycles. The standard InChI is InChI=1S/C28H28F4N2O3/c1-36-24-15-19-12-13-34(26(27(33)35)18-6-4-3-5-7-18)23(20(19)16-25(24)37-2)11-9-17-8-10-22(29)21(14-17)28(30,31)32/h3-8,10,14-16,23,26H,9,11-13H2,1-2H3,(H2,33,35)/t23-,26+/m0/s1. The zero-order chi connectivity index (χ0) is 26.7. The Hall–Kier alpha value is -3.59. The van der Waals surface area contributed by atoms with Gasteiger partial charge in [0.05, 0.1) is 19.8 Å². The number of fused-ring (bicyclic) bond motifs is 1. The highest BCUT2D eigenvalue weighted by molar-refractivity contribution is 5.81. The smallest absolute Gasteiger partial charge is 0.419 e. The molecular formula is C28H28F4N2O3. The summed E-state index contributed by atoms with van der Waals surface area (Å²) in [5, 5.41) is 0. The number of alkyl halides is 3. The lowest BCUT2D eigenvalue weighted by Gasteiger charge is -2.41. The van der Waals surface area contributed by atoms with Crippen LogP contribution in [0.2, 0.25) is 0 Å². The van der Waals surface area contributed by atoms with E-state index in [0.717, 1.165) is 28.8 Å². The predicted octanol–water partition coefficient (Wildman–Crippen LogP) is 5.62. The van der Waals surface area contributed by atoms with Gasteiger partial charge < -0.3 is 15.2 Å². The van der Waals surface area contributed by atoms with Gasteiger partial charge in [0.25, 0.3) is 0 Å². The summed E-state index contributed by atoms with van der Waals surface area (Å²) < 4.78 is 64.7. The largest absolute Gasteiger partial charge is 0.493 e. The molecule has 5 nitrogen and oxygen atoms in total. The summed E-state index contributed by atoms with van der Waals surface area (Å²) in [5.74, 6) is -0.766. The Kier molecular flexibility index (Phi) is 7.73. The minimum atomic E-state index is -4.79. The zero-order valence-corrected chi connectivity index (χ0v) is 20.5. The first-order valence-corrected chi connectivity index (χ1v) is 11.8. The van der Waals surface area contributed by atoms with E-state index >= 15 is 0 Å². The van der Waals surface area contributed by atoms with Crippen LogP contribution in [0.1, 0.15) is 46.3 Å². The van der Waals surface area contributed by atoms with Crippen LogP contribution < -0.4 is 15.2 Å². The number of amides is 1. The molecule has 4 rings (SSSR count). The molecule has 0 saturated carbocycles. The molecule has 9 heteroatoms. The van der Waals surface area contributed by atoms with Crippen molar-refractivity contribution in [3.05, 3.63) is 94.3 Å². The van der Waals surface area contributed by atoms with Gasteiger partial charge in [-0.3, -0.25) is 9.69 Å². The molecule has 37 heavy (non-hydrogen) atoms. The van der Waals surface area contributed by atoms with Crippen molar-refractivity contribution in [2.75, 3.05) is 20.8 Å². The molecule has 1 aliphatic rings. The Bertz CT molecular complexity index is 1260. The van der Waals surface area contributed by atoms with E-state index < -0.39 is 29.5 Å². The van der Waals surface area contributed by atoms with E-state index in [2.05, 4.69) is 0 Å². The fraction of sp³-hybridized carbons (Fsp3) is 0.321. The van der Waals surface area contributed by atoms with Crippen molar-refractivity contribution < 1.29 is 31.8 Å². The molecule has 2 atom stereocenters. The second-order valence-electron chi connectivity index (χ2n) is 8.98. The number of benzene rings is 3.